The molecule has 5 heterocycles. The van der Waals surface area contributed by atoms with Crippen molar-refractivity contribution in [1.82, 2.24) is 24.7 Å². The van der Waals surface area contributed by atoms with Crippen LogP contribution in [-0.4, -0.2) is 82.9 Å². The molecule has 0 N–H and O–H groups in total. The van der Waals surface area contributed by atoms with Gasteiger partial charge in [-0.1, -0.05) is 6.07 Å². The third kappa shape index (κ3) is 5.32. The SMILES string of the molecule is CN(Cc1ccco1)C(=O)c1csc(C2CCN(C(=O)N3CCN(c4ccccn4)CC3)CC2)n1. The van der Waals surface area contributed by atoms with Crippen LogP contribution < -0.4 is 4.90 Å². The van der Waals surface area contributed by atoms with Gasteiger partial charge in [0.05, 0.1) is 17.8 Å². The third-order valence-corrected chi connectivity index (χ3v) is 7.71. The molecule has 0 saturated carbocycles. The first-order chi connectivity index (χ1) is 17.1. The number of thiazole rings is 1. The highest BCUT2D eigenvalue weighted by Crippen LogP contribution is 2.31. The maximum atomic E-state index is 13.1. The van der Waals surface area contributed by atoms with E-state index in [1.165, 1.54) is 11.3 Å². The number of nitrogens with zero attached hydrogens (tertiary/aromatic N) is 6. The fraction of sp³-hybridized carbons (Fsp3) is 0.440. The summed E-state index contributed by atoms with van der Waals surface area (Å²) >= 11 is 1.54. The topological polar surface area (TPSA) is 86.0 Å². The van der Waals surface area contributed by atoms with E-state index in [1.807, 2.05) is 45.5 Å². The van der Waals surface area contributed by atoms with E-state index in [1.54, 1.807) is 24.4 Å². The summed E-state index contributed by atoms with van der Waals surface area (Å²) in [5, 5.41) is 2.82. The minimum Gasteiger partial charge on any atom is -0.467 e. The van der Waals surface area contributed by atoms with Crippen LogP contribution >= 0.6 is 11.3 Å². The Morgan fingerprint density at radius 1 is 1.06 bits per heavy atom. The molecule has 3 aromatic heterocycles. The van der Waals surface area contributed by atoms with E-state index in [4.69, 9.17) is 4.42 Å². The summed E-state index contributed by atoms with van der Waals surface area (Å²) in [6, 6.07) is 9.71. The molecule has 2 aliphatic heterocycles. The molecule has 184 valence electrons. The molecule has 0 unspecified atom stereocenters. The van der Waals surface area contributed by atoms with Crippen molar-refractivity contribution in [1.29, 1.82) is 0 Å². The molecule has 0 aromatic carbocycles. The van der Waals surface area contributed by atoms with E-state index in [-0.39, 0.29) is 17.9 Å². The number of hydrogen-bond donors (Lipinski definition) is 0. The standard InChI is InChI=1S/C25H30N6O3S/c1-28(17-20-5-4-16-34-20)24(32)21-18-35-23(27-21)19-7-10-30(11-8-19)25(33)31-14-12-29(13-15-31)22-6-2-3-9-26-22/h2-6,9,16,18-19H,7-8,10-15,17H2,1H3. The molecule has 5 rings (SSSR count). The number of hydrogen-bond acceptors (Lipinski definition) is 7. The summed E-state index contributed by atoms with van der Waals surface area (Å²) in [6.07, 6.45) is 5.14. The smallest absolute Gasteiger partial charge is 0.320 e. The average Bonchev–Trinajstić information content (AvgIpc) is 3.61. The number of carbonyl (C=O) groups is 2. The lowest BCUT2D eigenvalue weighted by Gasteiger charge is -2.39. The number of urea groups is 1. The maximum Gasteiger partial charge on any atom is 0.320 e. The molecule has 2 saturated heterocycles. The molecule has 35 heavy (non-hydrogen) atoms. The first kappa shape index (κ1) is 23.3. The van der Waals surface area contributed by atoms with Gasteiger partial charge in [-0.05, 0) is 37.1 Å². The van der Waals surface area contributed by atoms with Gasteiger partial charge in [-0.15, -0.1) is 11.3 Å². The molecule has 0 spiro atoms. The van der Waals surface area contributed by atoms with Crippen LogP contribution in [-0.2, 0) is 6.54 Å². The lowest BCUT2D eigenvalue weighted by Crippen LogP contribution is -2.54. The molecule has 2 fully saturated rings. The fourth-order valence-electron chi connectivity index (χ4n) is 4.66. The predicted molar refractivity (Wildman–Crippen MR) is 134 cm³/mol. The number of piperidine rings is 1. The summed E-state index contributed by atoms with van der Waals surface area (Å²) in [6.45, 7) is 4.84. The molecule has 0 atom stereocenters. The van der Waals surface area contributed by atoms with Crippen molar-refractivity contribution in [2.45, 2.75) is 25.3 Å². The Hall–Kier alpha value is -3.40. The van der Waals surface area contributed by atoms with Gasteiger partial charge in [0.25, 0.3) is 5.91 Å². The van der Waals surface area contributed by atoms with Crippen LogP contribution in [0.1, 0.15) is 40.0 Å². The Balaban J connectivity index is 1.10. The fourth-order valence-corrected chi connectivity index (χ4v) is 5.63. The van der Waals surface area contributed by atoms with Crippen molar-refractivity contribution in [3.8, 4) is 0 Å². The Morgan fingerprint density at radius 3 is 2.51 bits per heavy atom. The second-order valence-electron chi connectivity index (χ2n) is 9.02. The van der Waals surface area contributed by atoms with Crippen molar-refractivity contribution < 1.29 is 14.0 Å². The number of amides is 3. The molecular weight excluding hydrogens is 464 g/mol. The zero-order valence-corrected chi connectivity index (χ0v) is 20.7. The second kappa shape index (κ2) is 10.5. The van der Waals surface area contributed by atoms with Crippen LogP contribution in [0.5, 0.6) is 0 Å². The van der Waals surface area contributed by atoms with Crippen LogP contribution in [0.25, 0.3) is 0 Å². The van der Waals surface area contributed by atoms with Gasteiger partial charge in [0.1, 0.15) is 17.3 Å². The highest BCUT2D eigenvalue weighted by atomic mass is 32.1. The first-order valence-electron chi connectivity index (χ1n) is 12.0. The number of carbonyl (C=O) groups excluding carboxylic acids is 2. The number of piperazine rings is 1. The van der Waals surface area contributed by atoms with E-state index in [0.717, 1.165) is 42.5 Å². The van der Waals surface area contributed by atoms with E-state index < -0.39 is 0 Å². The molecule has 0 bridgehead atoms. The Bertz CT molecular complexity index is 1120. The van der Waals surface area contributed by atoms with E-state index >= 15 is 0 Å². The maximum absolute atomic E-state index is 13.1. The first-order valence-corrected chi connectivity index (χ1v) is 12.9. The molecule has 0 radical (unpaired) electrons. The summed E-state index contributed by atoms with van der Waals surface area (Å²) in [5.41, 5.74) is 0.475. The molecule has 10 heteroatoms. The Labute approximate surface area is 209 Å². The average molecular weight is 495 g/mol. The van der Waals surface area contributed by atoms with Crippen LogP contribution in [0.2, 0.25) is 0 Å². The summed E-state index contributed by atoms with van der Waals surface area (Å²) < 4.78 is 5.34. The lowest BCUT2D eigenvalue weighted by atomic mass is 9.98. The lowest BCUT2D eigenvalue weighted by molar-refractivity contribution is 0.0770. The van der Waals surface area contributed by atoms with E-state index in [2.05, 4.69) is 14.9 Å². The van der Waals surface area contributed by atoms with E-state index in [9.17, 15) is 9.59 Å². The van der Waals surface area contributed by atoms with Gasteiger partial charge in [0.15, 0.2) is 0 Å². The second-order valence-corrected chi connectivity index (χ2v) is 9.91. The zero-order chi connectivity index (χ0) is 24.2. The number of pyridine rings is 1. The minimum absolute atomic E-state index is 0.110. The predicted octanol–water partition coefficient (Wildman–Crippen LogP) is 3.52. The van der Waals surface area contributed by atoms with Crippen molar-refractivity contribution in [3.05, 3.63) is 64.6 Å². The molecular formula is C25H30N6O3S. The number of anilines is 1. The monoisotopic (exact) mass is 494 g/mol. The minimum atomic E-state index is -0.110. The van der Waals surface area contributed by atoms with Crippen LogP contribution in [0.15, 0.2) is 52.6 Å². The van der Waals surface area contributed by atoms with Gasteiger partial charge >= 0.3 is 6.03 Å². The van der Waals surface area contributed by atoms with Crippen molar-refractivity contribution in [3.63, 3.8) is 0 Å². The van der Waals surface area contributed by atoms with Crippen LogP contribution in [0.3, 0.4) is 0 Å². The molecule has 3 amide bonds. The van der Waals surface area contributed by atoms with Gasteiger partial charge in [0, 0.05) is 63.8 Å². The zero-order valence-electron chi connectivity index (χ0n) is 19.9. The highest BCUT2D eigenvalue weighted by Gasteiger charge is 2.30. The van der Waals surface area contributed by atoms with E-state index in [0.29, 0.717) is 38.4 Å². The van der Waals surface area contributed by atoms with Gasteiger partial charge in [-0.3, -0.25) is 4.79 Å². The molecule has 0 aliphatic carbocycles. The largest absolute Gasteiger partial charge is 0.467 e. The number of rotatable bonds is 5. The van der Waals surface area contributed by atoms with Crippen molar-refractivity contribution >= 4 is 29.1 Å². The highest BCUT2D eigenvalue weighted by molar-refractivity contribution is 7.09. The molecule has 2 aliphatic rings. The van der Waals surface area contributed by atoms with Crippen LogP contribution in [0.4, 0.5) is 10.6 Å². The van der Waals surface area contributed by atoms with Crippen molar-refractivity contribution in [2.24, 2.45) is 0 Å². The summed E-state index contributed by atoms with van der Waals surface area (Å²) in [5.74, 6) is 1.88. The molecule has 3 aromatic rings. The number of aromatic nitrogens is 2. The number of likely N-dealkylation sites (tertiary alicyclic amines) is 1. The number of furan rings is 1. The normalized spacial score (nSPS) is 17.0. The Morgan fingerprint density at radius 2 is 1.83 bits per heavy atom. The molecule has 9 nitrogen and oxygen atoms in total. The van der Waals surface area contributed by atoms with Gasteiger partial charge < -0.3 is 24.0 Å². The van der Waals surface area contributed by atoms with Gasteiger partial charge in [0.2, 0.25) is 0 Å². The van der Waals surface area contributed by atoms with Gasteiger partial charge in [-0.25, -0.2) is 14.8 Å². The van der Waals surface area contributed by atoms with Gasteiger partial charge in [-0.2, -0.15) is 0 Å². The van der Waals surface area contributed by atoms with Crippen molar-refractivity contribution in [2.75, 3.05) is 51.2 Å². The quantitative estimate of drug-likeness (QED) is 0.540. The Kier molecular flexibility index (Phi) is 6.98. The third-order valence-electron chi connectivity index (χ3n) is 6.70. The summed E-state index contributed by atoms with van der Waals surface area (Å²) in [4.78, 5) is 42.7. The van der Waals surface area contributed by atoms with Crippen LogP contribution in [0, 0.1) is 0 Å². The summed E-state index contributed by atoms with van der Waals surface area (Å²) in [7, 11) is 1.75.